The molecule has 1 aromatic carbocycles. The van der Waals surface area contributed by atoms with E-state index in [0.717, 1.165) is 17.0 Å². The Bertz CT molecular complexity index is 644. The molecule has 2 N–H and O–H groups in total. The van der Waals surface area contributed by atoms with E-state index in [2.05, 4.69) is 15.9 Å². The summed E-state index contributed by atoms with van der Waals surface area (Å²) in [7, 11) is -1.05. The first-order valence-electron chi connectivity index (χ1n) is 8.99. The van der Waals surface area contributed by atoms with Gasteiger partial charge in [0, 0.05) is 33.2 Å². The molecule has 1 aliphatic rings. The minimum absolute atomic E-state index is 0.0375. The molecule has 0 bridgehead atoms. The second-order valence-electron chi connectivity index (χ2n) is 5.13. The molecule has 2 amide bonds. The zero-order valence-electron chi connectivity index (χ0n) is 17.4. The van der Waals surface area contributed by atoms with Crippen LogP contribution in [0.4, 0.5) is 19.3 Å². The van der Waals surface area contributed by atoms with Crippen LogP contribution in [0.25, 0.3) is 0 Å². The Balaban J connectivity index is 0. The van der Waals surface area contributed by atoms with E-state index in [1.165, 1.54) is 5.48 Å². The van der Waals surface area contributed by atoms with Crippen molar-refractivity contribution in [3.8, 4) is 0 Å². The number of ether oxygens (including phenoxy) is 1. The first-order valence-corrected chi connectivity index (χ1v) is 11.4. The number of hydroxylamine groups is 1. The molecule has 7 nitrogen and oxygen atoms in total. The molecule has 3 unspecified atom stereocenters. The van der Waals surface area contributed by atoms with Crippen LogP contribution in [-0.4, -0.2) is 46.1 Å². The van der Waals surface area contributed by atoms with Gasteiger partial charge in [-0.1, -0.05) is 50.5 Å². The molecule has 29 heavy (non-hydrogen) atoms. The van der Waals surface area contributed by atoms with Gasteiger partial charge in [-0.15, -0.1) is 0 Å². The summed E-state index contributed by atoms with van der Waals surface area (Å²) < 4.78 is 44.5. The average molecular weight is 503 g/mol. The standard InChI is InChI=1S/C13H14BrF2NO3S.2C2H6.CH3NO2/c1-7(21(2)19)3-9-6-17(13(18)20-9)12-10(15)4-8(14)5-11(12)16;2*1-2;3-1-2-4/h4-5,7,9H,3,6H2,1-2H3;2*1-2H3;1,4H,(H,2,3). The largest absolute Gasteiger partial charge is 0.444 e. The van der Waals surface area contributed by atoms with Crippen molar-refractivity contribution in [2.45, 2.75) is 52.4 Å². The second-order valence-corrected chi connectivity index (χ2v) is 7.84. The summed E-state index contributed by atoms with van der Waals surface area (Å²) in [6.45, 7) is 9.81. The maximum atomic E-state index is 13.9. The fraction of sp³-hybridized carbons (Fsp3) is 0.556. The van der Waals surface area contributed by atoms with Crippen LogP contribution >= 0.6 is 15.9 Å². The van der Waals surface area contributed by atoms with Gasteiger partial charge in [-0.05, 0) is 12.1 Å². The Morgan fingerprint density at radius 3 is 2.17 bits per heavy atom. The van der Waals surface area contributed by atoms with Gasteiger partial charge in [0.05, 0.1) is 6.54 Å². The van der Waals surface area contributed by atoms with Gasteiger partial charge in [-0.2, -0.15) is 0 Å². The number of carbonyl (C=O) groups is 2. The van der Waals surface area contributed by atoms with Crippen molar-refractivity contribution in [1.29, 1.82) is 0 Å². The van der Waals surface area contributed by atoms with Crippen molar-refractivity contribution in [3.05, 3.63) is 28.2 Å². The monoisotopic (exact) mass is 502 g/mol. The third kappa shape index (κ3) is 10.1. The number of cyclic esters (lactones) is 1. The average Bonchev–Trinajstić information content (AvgIpc) is 3.04. The van der Waals surface area contributed by atoms with Crippen LogP contribution in [0.2, 0.25) is 0 Å². The van der Waals surface area contributed by atoms with Crippen molar-refractivity contribution < 1.29 is 32.5 Å². The SMILES string of the molecule is CC.CC.CC(CC1CN(c2c(F)cc(Br)cc2F)C(=O)O1)S(C)=O.O=CNO. The van der Waals surface area contributed by atoms with E-state index in [9.17, 15) is 17.8 Å². The number of rotatable bonds is 5. The van der Waals surface area contributed by atoms with E-state index >= 15 is 0 Å². The van der Waals surface area contributed by atoms with Gasteiger partial charge >= 0.3 is 6.09 Å². The molecule has 0 aromatic heterocycles. The zero-order valence-corrected chi connectivity index (χ0v) is 19.8. The topological polar surface area (TPSA) is 95.9 Å². The fourth-order valence-corrected chi connectivity index (χ4v) is 3.01. The predicted octanol–water partition coefficient (Wildman–Crippen LogP) is 4.38. The number of nitrogens with zero attached hydrogens (tertiary/aromatic N) is 1. The number of hydrogen-bond acceptors (Lipinski definition) is 5. The first kappa shape index (κ1) is 29.6. The summed E-state index contributed by atoms with van der Waals surface area (Å²) in [5.41, 5.74) is 0.830. The van der Waals surface area contributed by atoms with Crippen LogP contribution in [-0.2, 0) is 20.3 Å². The van der Waals surface area contributed by atoms with Crippen molar-refractivity contribution in [2.24, 2.45) is 0 Å². The molecule has 1 aromatic rings. The molecular weight excluding hydrogens is 474 g/mol. The molecule has 11 heteroatoms. The number of amides is 2. The van der Waals surface area contributed by atoms with Gasteiger partial charge in [0.2, 0.25) is 6.41 Å². The summed E-state index contributed by atoms with van der Waals surface area (Å²) in [4.78, 5) is 21.6. The Kier molecular flexibility index (Phi) is 16.6. The van der Waals surface area contributed by atoms with Crippen LogP contribution in [0, 0.1) is 11.6 Å². The normalized spacial score (nSPS) is 16.6. The van der Waals surface area contributed by atoms with Crippen LogP contribution < -0.4 is 10.4 Å². The molecule has 1 saturated heterocycles. The summed E-state index contributed by atoms with van der Waals surface area (Å²) in [6.07, 6.45) is 0.798. The van der Waals surface area contributed by atoms with E-state index in [1.54, 1.807) is 13.2 Å². The molecule has 168 valence electrons. The van der Waals surface area contributed by atoms with Crippen molar-refractivity contribution in [1.82, 2.24) is 5.48 Å². The Hall–Kier alpha value is -1.59. The highest BCUT2D eigenvalue weighted by atomic mass is 79.9. The van der Waals surface area contributed by atoms with Gasteiger partial charge < -0.3 is 4.74 Å². The minimum atomic E-state index is -1.05. The molecule has 0 spiro atoms. The van der Waals surface area contributed by atoms with Crippen LogP contribution in [0.15, 0.2) is 16.6 Å². The molecule has 1 heterocycles. The van der Waals surface area contributed by atoms with Crippen LogP contribution in [0.5, 0.6) is 0 Å². The van der Waals surface area contributed by atoms with Gasteiger partial charge in [0.25, 0.3) is 0 Å². The van der Waals surface area contributed by atoms with Crippen molar-refractivity contribution in [2.75, 3.05) is 17.7 Å². The van der Waals surface area contributed by atoms with Gasteiger partial charge in [-0.25, -0.2) is 19.1 Å². The fourth-order valence-electron chi connectivity index (χ4n) is 2.13. The maximum absolute atomic E-state index is 13.9. The van der Waals surface area contributed by atoms with Crippen molar-refractivity contribution >= 4 is 44.9 Å². The molecule has 3 atom stereocenters. The maximum Gasteiger partial charge on any atom is 0.414 e. The van der Waals surface area contributed by atoms with Gasteiger partial charge in [-0.3, -0.25) is 19.1 Å². The molecule has 0 radical (unpaired) electrons. The molecule has 0 saturated carbocycles. The molecular formula is C18H29BrF2N2O5S. The number of benzene rings is 1. The third-order valence-electron chi connectivity index (χ3n) is 3.34. The Morgan fingerprint density at radius 2 is 1.79 bits per heavy atom. The van der Waals surface area contributed by atoms with Crippen molar-refractivity contribution in [3.63, 3.8) is 0 Å². The lowest BCUT2D eigenvalue weighted by atomic mass is 10.2. The number of carbonyl (C=O) groups excluding carboxylic acids is 2. The van der Waals surface area contributed by atoms with Crippen LogP contribution in [0.1, 0.15) is 41.0 Å². The molecule has 1 fully saturated rings. The Labute approximate surface area is 181 Å². The Morgan fingerprint density at radius 1 is 1.34 bits per heavy atom. The minimum Gasteiger partial charge on any atom is -0.444 e. The number of anilines is 1. The van der Waals surface area contributed by atoms with E-state index in [0.29, 0.717) is 6.42 Å². The van der Waals surface area contributed by atoms with Crippen LogP contribution in [0.3, 0.4) is 0 Å². The highest BCUT2D eigenvalue weighted by Gasteiger charge is 2.36. The van der Waals surface area contributed by atoms with E-state index in [1.807, 2.05) is 27.7 Å². The van der Waals surface area contributed by atoms with E-state index in [-0.39, 0.29) is 22.7 Å². The van der Waals surface area contributed by atoms with Gasteiger partial charge in [0.15, 0.2) is 11.6 Å². The molecule has 0 aliphatic carbocycles. The highest BCUT2D eigenvalue weighted by molar-refractivity contribution is 9.10. The summed E-state index contributed by atoms with van der Waals surface area (Å²) >= 11 is 2.98. The number of halogens is 3. The second kappa shape index (κ2) is 16.2. The molecule has 1 aliphatic heterocycles. The zero-order chi connectivity index (χ0) is 23.1. The number of nitrogens with one attached hydrogen (secondary N) is 1. The first-order chi connectivity index (χ1) is 13.7. The van der Waals surface area contributed by atoms with E-state index < -0.39 is 40.3 Å². The number of hydrogen-bond donors (Lipinski definition) is 2. The predicted molar refractivity (Wildman–Crippen MR) is 114 cm³/mol. The summed E-state index contributed by atoms with van der Waals surface area (Å²) in [6, 6.07) is 2.17. The quantitative estimate of drug-likeness (QED) is 0.353. The summed E-state index contributed by atoms with van der Waals surface area (Å²) in [5.74, 6) is -1.68. The lowest BCUT2D eigenvalue weighted by Gasteiger charge is -2.15. The van der Waals surface area contributed by atoms with E-state index in [4.69, 9.17) is 14.7 Å². The highest BCUT2D eigenvalue weighted by Crippen LogP contribution is 2.31. The lowest BCUT2D eigenvalue weighted by molar-refractivity contribution is -0.116. The lowest BCUT2D eigenvalue weighted by Crippen LogP contribution is -2.27. The smallest absolute Gasteiger partial charge is 0.414 e. The molecule has 2 rings (SSSR count). The van der Waals surface area contributed by atoms with Gasteiger partial charge in [0.1, 0.15) is 11.8 Å². The third-order valence-corrected chi connectivity index (χ3v) is 5.12. The summed E-state index contributed by atoms with van der Waals surface area (Å²) in [5, 5.41) is 7.09.